The normalized spacial score (nSPS) is 9.27. The third-order valence-corrected chi connectivity index (χ3v) is 1.47. The molecule has 11 heavy (non-hydrogen) atoms. The van der Waals surface area contributed by atoms with Crippen molar-refractivity contribution in [3.8, 4) is 0 Å². The molecule has 0 amide bonds. The number of aryl methyl sites for hydroxylation is 1. The monoisotopic (exact) mass is 149 g/mol. The molecule has 0 spiro atoms. The van der Waals surface area contributed by atoms with Crippen molar-refractivity contribution in [2.45, 2.75) is 6.92 Å². The van der Waals surface area contributed by atoms with Crippen molar-refractivity contribution in [2.24, 2.45) is 5.84 Å². The van der Waals surface area contributed by atoms with Gasteiger partial charge in [-0.15, -0.1) is 0 Å². The predicted molar refractivity (Wildman–Crippen MR) is 46.9 cm³/mol. The summed E-state index contributed by atoms with van der Waals surface area (Å²) in [6.07, 6.45) is 3.47. The molecular weight excluding hydrogens is 138 g/mol. The highest BCUT2D eigenvalue weighted by molar-refractivity contribution is 5.52. The van der Waals surface area contributed by atoms with Gasteiger partial charge in [-0.2, -0.15) is 0 Å². The SMILES string of the molecule is C=Cc1cnc(NN)c(C)c1. The van der Waals surface area contributed by atoms with Crippen LogP contribution in [0, 0.1) is 6.92 Å². The molecule has 3 N–H and O–H groups in total. The Morgan fingerprint density at radius 2 is 2.45 bits per heavy atom. The maximum absolute atomic E-state index is 5.20. The molecule has 0 fully saturated rings. The van der Waals surface area contributed by atoms with Crippen molar-refractivity contribution < 1.29 is 0 Å². The first-order valence-corrected chi connectivity index (χ1v) is 3.33. The Balaban J connectivity index is 3.09. The van der Waals surface area contributed by atoms with E-state index in [0.29, 0.717) is 5.82 Å². The Labute approximate surface area is 65.9 Å². The largest absolute Gasteiger partial charge is 0.308 e. The lowest BCUT2D eigenvalue weighted by Crippen LogP contribution is -2.09. The molecule has 0 saturated heterocycles. The van der Waals surface area contributed by atoms with E-state index in [1.54, 1.807) is 12.3 Å². The van der Waals surface area contributed by atoms with Crippen LogP contribution in [0.2, 0.25) is 0 Å². The summed E-state index contributed by atoms with van der Waals surface area (Å²) in [5.41, 5.74) is 4.52. The molecule has 1 rings (SSSR count). The number of aromatic nitrogens is 1. The second-order valence-corrected chi connectivity index (χ2v) is 2.28. The lowest BCUT2D eigenvalue weighted by molar-refractivity contribution is 1.19. The molecule has 0 bridgehead atoms. The molecule has 0 aliphatic heterocycles. The molecule has 1 aromatic rings. The summed E-state index contributed by atoms with van der Waals surface area (Å²) in [6.45, 7) is 5.58. The first-order chi connectivity index (χ1) is 5.27. The van der Waals surface area contributed by atoms with Crippen molar-refractivity contribution in [1.29, 1.82) is 0 Å². The van der Waals surface area contributed by atoms with E-state index < -0.39 is 0 Å². The number of nitrogens with two attached hydrogens (primary N) is 1. The average Bonchev–Trinajstić information content (AvgIpc) is 2.04. The van der Waals surface area contributed by atoms with Crippen LogP contribution >= 0.6 is 0 Å². The Bertz CT molecular complexity index is 268. The Hall–Kier alpha value is -1.35. The topological polar surface area (TPSA) is 50.9 Å². The van der Waals surface area contributed by atoms with Crippen LogP contribution in [0.3, 0.4) is 0 Å². The summed E-state index contributed by atoms with van der Waals surface area (Å²) in [6, 6.07) is 1.97. The number of hydrogen-bond acceptors (Lipinski definition) is 3. The summed E-state index contributed by atoms with van der Waals surface area (Å²) in [5, 5.41) is 0. The minimum atomic E-state index is 0.704. The van der Waals surface area contributed by atoms with Gasteiger partial charge in [-0.05, 0) is 24.1 Å². The molecule has 0 aliphatic rings. The second-order valence-electron chi connectivity index (χ2n) is 2.28. The van der Waals surface area contributed by atoms with E-state index in [4.69, 9.17) is 5.84 Å². The molecule has 0 radical (unpaired) electrons. The number of anilines is 1. The second kappa shape index (κ2) is 3.16. The average molecular weight is 149 g/mol. The maximum atomic E-state index is 5.20. The molecule has 3 nitrogen and oxygen atoms in total. The first kappa shape index (κ1) is 7.75. The van der Waals surface area contributed by atoms with Crippen LogP contribution in [-0.4, -0.2) is 4.98 Å². The van der Waals surface area contributed by atoms with E-state index in [9.17, 15) is 0 Å². The standard InChI is InChI=1S/C8H11N3/c1-3-7-4-6(2)8(11-9)10-5-7/h3-5H,1,9H2,2H3,(H,10,11). The van der Waals surface area contributed by atoms with Crippen LogP contribution in [0.25, 0.3) is 6.08 Å². The molecular formula is C8H11N3. The number of hydrazine groups is 1. The highest BCUT2D eigenvalue weighted by atomic mass is 15.2. The van der Waals surface area contributed by atoms with Gasteiger partial charge in [0.25, 0.3) is 0 Å². The summed E-state index contributed by atoms with van der Waals surface area (Å²) in [4.78, 5) is 4.06. The number of nitrogen functional groups attached to an aromatic ring is 1. The van der Waals surface area contributed by atoms with E-state index in [2.05, 4.69) is 17.0 Å². The molecule has 1 aromatic heterocycles. The number of nitrogens with one attached hydrogen (secondary N) is 1. The Kier molecular flexibility index (Phi) is 2.23. The van der Waals surface area contributed by atoms with Crippen LogP contribution in [0.4, 0.5) is 5.82 Å². The molecule has 0 atom stereocenters. The van der Waals surface area contributed by atoms with E-state index >= 15 is 0 Å². The molecule has 1 heterocycles. The number of rotatable bonds is 2. The van der Waals surface area contributed by atoms with E-state index in [1.807, 2.05) is 13.0 Å². The van der Waals surface area contributed by atoms with E-state index in [0.717, 1.165) is 11.1 Å². The summed E-state index contributed by atoms with van der Waals surface area (Å²) >= 11 is 0. The van der Waals surface area contributed by atoms with Crippen molar-refractivity contribution in [3.05, 3.63) is 30.0 Å². The van der Waals surface area contributed by atoms with Crippen molar-refractivity contribution >= 4 is 11.9 Å². The van der Waals surface area contributed by atoms with Gasteiger partial charge in [-0.1, -0.05) is 12.7 Å². The summed E-state index contributed by atoms with van der Waals surface area (Å²) in [5.74, 6) is 5.91. The van der Waals surface area contributed by atoms with Crippen LogP contribution in [-0.2, 0) is 0 Å². The van der Waals surface area contributed by atoms with Gasteiger partial charge < -0.3 is 5.43 Å². The van der Waals surface area contributed by atoms with Gasteiger partial charge in [-0.3, -0.25) is 0 Å². The first-order valence-electron chi connectivity index (χ1n) is 3.33. The van der Waals surface area contributed by atoms with Crippen LogP contribution in [0.15, 0.2) is 18.8 Å². The van der Waals surface area contributed by atoms with Crippen LogP contribution < -0.4 is 11.3 Å². The lowest BCUT2D eigenvalue weighted by atomic mass is 10.2. The van der Waals surface area contributed by atoms with Crippen molar-refractivity contribution in [3.63, 3.8) is 0 Å². The molecule has 58 valence electrons. The van der Waals surface area contributed by atoms with Gasteiger partial charge in [0.2, 0.25) is 0 Å². The van der Waals surface area contributed by atoms with E-state index in [1.165, 1.54) is 0 Å². The number of pyridine rings is 1. The quantitative estimate of drug-likeness (QED) is 0.492. The van der Waals surface area contributed by atoms with Gasteiger partial charge in [0.1, 0.15) is 5.82 Å². The fraction of sp³-hybridized carbons (Fsp3) is 0.125. The predicted octanol–water partition coefficient (Wildman–Crippen LogP) is 1.32. The third-order valence-electron chi connectivity index (χ3n) is 1.47. The molecule has 0 aliphatic carbocycles. The smallest absolute Gasteiger partial charge is 0.142 e. The van der Waals surface area contributed by atoms with Crippen molar-refractivity contribution in [2.75, 3.05) is 5.43 Å². The third kappa shape index (κ3) is 1.56. The van der Waals surface area contributed by atoms with Gasteiger partial charge >= 0.3 is 0 Å². The molecule has 3 heteroatoms. The van der Waals surface area contributed by atoms with Crippen LogP contribution in [0.1, 0.15) is 11.1 Å². The maximum Gasteiger partial charge on any atom is 0.142 e. The zero-order valence-electron chi connectivity index (χ0n) is 6.46. The van der Waals surface area contributed by atoms with Crippen LogP contribution in [0.5, 0.6) is 0 Å². The molecule has 0 unspecified atom stereocenters. The number of nitrogens with zero attached hydrogens (tertiary/aromatic N) is 1. The van der Waals surface area contributed by atoms with Gasteiger partial charge in [0.05, 0.1) is 0 Å². The Morgan fingerprint density at radius 1 is 1.73 bits per heavy atom. The van der Waals surface area contributed by atoms with E-state index in [-0.39, 0.29) is 0 Å². The Morgan fingerprint density at radius 3 is 2.91 bits per heavy atom. The number of hydrogen-bond donors (Lipinski definition) is 2. The lowest BCUT2D eigenvalue weighted by Gasteiger charge is -2.02. The van der Waals surface area contributed by atoms with Gasteiger partial charge in [0, 0.05) is 6.20 Å². The zero-order chi connectivity index (χ0) is 8.27. The highest BCUT2D eigenvalue weighted by Gasteiger charge is 1.96. The highest BCUT2D eigenvalue weighted by Crippen LogP contribution is 2.11. The fourth-order valence-corrected chi connectivity index (χ4v) is 0.859. The minimum Gasteiger partial charge on any atom is -0.308 e. The van der Waals surface area contributed by atoms with Gasteiger partial charge in [-0.25, -0.2) is 10.8 Å². The minimum absolute atomic E-state index is 0.704. The van der Waals surface area contributed by atoms with Crippen molar-refractivity contribution in [1.82, 2.24) is 4.98 Å². The summed E-state index contributed by atoms with van der Waals surface area (Å²) < 4.78 is 0. The summed E-state index contributed by atoms with van der Waals surface area (Å²) in [7, 11) is 0. The fourth-order valence-electron chi connectivity index (χ4n) is 0.859. The molecule has 0 saturated carbocycles. The van der Waals surface area contributed by atoms with Gasteiger partial charge in [0.15, 0.2) is 0 Å². The molecule has 0 aromatic carbocycles. The zero-order valence-corrected chi connectivity index (χ0v) is 6.46.